The van der Waals surface area contributed by atoms with E-state index in [4.69, 9.17) is 18.6 Å². The van der Waals surface area contributed by atoms with Gasteiger partial charge in [0.05, 0.1) is 25.3 Å². The largest absolute Gasteiger partial charge is 0.493 e. The second-order valence-electron chi connectivity index (χ2n) is 6.74. The van der Waals surface area contributed by atoms with Gasteiger partial charge in [0.25, 0.3) is 0 Å². The molecule has 7 nitrogen and oxygen atoms in total. The monoisotopic (exact) mass is 417 g/mol. The summed E-state index contributed by atoms with van der Waals surface area (Å²) in [4.78, 5) is 29.0. The summed E-state index contributed by atoms with van der Waals surface area (Å²) in [5.74, 6) is 0.889. The van der Waals surface area contributed by atoms with Crippen LogP contribution < -0.4 is 19.8 Å². The van der Waals surface area contributed by atoms with Crippen LogP contribution in [0.1, 0.15) is 15.9 Å². The fourth-order valence-electron chi connectivity index (χ4n) is 3.37. The molecule has 0 atom stereocenters. The van der Waals surface area contributed by atoms with E-state index < -0.39 is 11.6 Å². The van der Waals surface area contributed by atoms with Crippen LogP contribution in [0.4, 0.5) is 0 Å². The van der Waals surface area contributed by atoms with Crippen molar-refractivity contribution in [3.05, 3.63) is 82.5 Å². The second-order valence-corrected chi connectivity index (χ2v) is 6.74. The maximum absolute atomic E-state index is 12.7. The van der Waals surface area contributed by atoms with E-state index in [1.54, 1.807) is 55.6 Å². The number of pyridine rings is 1. The zero-order valence-electron chi connectivity index (χ0n) is 17.2. The second kappa shape index (κ2) is 8.31. The van der Waals surface area contributed by atoms with Crippen molar-refractivity contribution in [3.63, 3.8) is 0 Å². The van der Waals surface area contributed by atoms with Crippen molar-refractivity contribution in [1.82, 2.24) is 4.98 Å². The van der Waals surface area contributed by atoms with Gasteiger partial charge < -0.3 is 18.6 Å². The van der Waals surface area contributed by atoms with Gasteiger partial charge in [0, 0.05) is 17.8 Å². The number of fused-ring (bicyclic) bond motifs is 1. The van der Waals surface area contributed by atoms with Crippen LogP contribution in [0, 0.1) is 6.92 Å². The zero-order chi connectivity index (χ0) is 22.0. The smallest absolute Gasteiger partial charge is 0.344 e. The number of esters is 1. The third-order valence-electron chi connectivity index (χ3n) is 4.94. The predicted molar refractivity (Wildman–Crippen MR) is 115 cm³/mol. The minimum atomic E-state index is -0.503. The molecule has 0 saturated carbocycles. The normalized spacial score (nSPS) is 10.7. The Morgan fingerprint density at radius 3 is 2.39 bits per heavy atom. The third kappa shape index (κ3) is 3.85. The highest BCUT2D eigenvalue weighted by Crippen LogP contribution is 2.34. The van der Waals surface area contributed by atoms with E-state index in [2.05, 4.69) is 4.98 Å². The Labute approximate surface area is 177 Å². The molecule has 0 radical (unpaired) electrons. The fourth-order valence-corrected chi connectivity index (χ4v) is 3.37. The van der Waals surface area contributed by atoms with E-state index in [-0.39, 0.29) is 0 Å². The molecule has 2 heterocycles. The van der Waals surface area contributed by atoms with E-state index >= 15 is 0 Å². The molecule has 2 aromatic carbocycles. The number of ether oxygens (including phenoxy) is 3. The minimum absolute atomic E-state index is 0.338. The van der Waals surface area contributed by atoms with Gasteiger partial charge in [-0.25, -0.2) is 9.59 Å². The molecule has 0 unspecified atom stereocenters. The lowest BCUT2D eigenvalue weighted by molar-refractivity contribution is 0.0735. The molecule has 0 spiro atoms. The first-order valence-corrected chi connectivity index (χ1v) is 9.44. The number of hydrogen-bond acceptors (Lipinski definition) is 7. The van der Waals surface area contributed by atoms with Crippen LogP contribution in [-0.2, 0) is 0 Å². The first-order chi connectivity index (χ1) is 15.0. The van der Waals surface area contributed by atoms with E-state index in [1.807, 2.05) is 6.92 Å². The lowest BCUT2D eigenvalue weighted by atomic mass is 9.99. The molecule has 7 heteroatoms. The molecule has 0 aliphatic carbocycles. The number of aromatic nitrogens is 1. The number of rotatable bonds is 5. The Morgan fingerprint density at radius 1 is 0.935 bits per heavy atom. The summed E-state index contributed by atoms with van der Waals surface area (Å²) in [6.45, 7) is 1.82. The van der Waals surface area contributed by atoms with Crippen molar-refractivity contribution < 1.29 is 23.4 Å². The molecule has 0 fully saturated rings. The van der Waals surface area contributed by atoms with E-state index in [1.165, 1.54) is 19.5 Å². The molecule has 0 aliphatic rings. The Balaban J connectivity index is 1.78. The van der Waals surface area contributed by atoms with Gasteiger partial charge in [-0.1, -0.05) is 6.07 Å². The Morgan fingerprint density at radius 2 is 1.68 bits per heavy atom. The molecule has 0 amide bonds. The van der Waals surface area contributed by atoms with Gasteiger partial charge in [0.1, 0.15) is 11.3 Å². The maximum atomic E-state index is 12.7. The number of aryl methyl sites for hydroxylation is 1. The summed E-state index contributed by atoms with van der Waals surface area (Å²) >= 11 is 0. The van der Waals surface area contributed by atoms with Crippen LogP contribution in [0.2, 0.25) is 0 Å². The molecule has 156 valence electrons. The third-order valence-corrected chi connectivity index (χ3v) is 4.94. The van der Waals surface area contributed by atoms with Crippen LogP contribution >= 0.6 is 0 Å². The standard InChI is InChI=1S/C24H19NO6/c1-14-18-13-17(30-23(26)15-8-10-25-11-9-15)5-7-19(18)31-24(27)22(14)16-4-6-20(28-2)21(12-16)29-3/h4-13H,1-3H3. The van der Waals surface area contributed by atoms with Gasteiger partial charge in [0.15, 0.2) is 11.5 Å². The zero-order valence-corrected chi connectivity index (χ0v) is 17.2. The van der Waals surface area contributed by atoms with Crippen LogP contribution in [0.5, 0.6) is 17.2 Å². The summed E-state index contributed by atoms with van der Waals surface area (Å²) in [6, 6.07) is 13.2. The highest BCUT2D eigenvalue weighted by molar-refractivity contribution is 5.92. The number of carbonyl (C=O) groups excluding carboxylic acids is 1. The van der Waals surface area contributed by atoms with Crippen molar-refractivity contribution in [2.45, 2.75) is 6.92 Å². The van der Waals surface area contributed by atoms with Gasteiger partial charge in [-0.15, -0.1) is 0 Å². The molecule has 31 heavy (non-hydrogen) atoms. The summed E-state index contributed by atoms with van der Waals surface area (Å²) in [6.07, 6.45) is 3.04. The van der Waals surface area contributed by atoms with E-state index in [0.29, 0.717) is 50.5 Å². The molecule has 2 aromatic heterocycles. The molecule has 4 rings (SSSR count). The number of benzene rings is 2. The molecule has 4 aromatic rings. The fraction of sp³-hybridized carbons (Fsp3) is 0.125. The van der Waals surface area contributed by atoms with Crippen LogP contribution in [0.25, 0.3) is 22.1 Å². The Kier molecular flexibility index (Phi) is 5.41. The van der Waals surface area contributed by atoms with Crippen LogP contribution in [-0.4, -0.2) is 25.2 Å². The highest BCUT2D eigenvalue weighted by atomic mass is 16.5. The maximum Gasteiger partial charge on any atom is 0.344 e. The predicted octanol–water partition coefficient (Wildman–Crippen LogP) is 4.40. The first-order valence-electron chi connectivity index (χ1n) is 9.44. The number of hydrogen-bond donors (Lipinski definition) is 0. The van der Waals surface area contributed by atoms with Gasteiger partial charge in [-0.2, -0.15) is 0 Å². The van der Waals surface area contributed by atoms with Gasteiger partial charge in [-0.05, 0) is 60.5 Å². The average molecular weight is 417 g/mol. The molecule has 0 aliphatic heterocycles. The SMILES string of the molecule is COc1ccc(-c2c(C)c3cc(OC(=O)c4ccncc4)ccc3oc2=O)cc1OC. The van der Waals surface area contributed by atoms with Crippen molar-refractivity contribution in [2.24, 2.45) is 0 Å². The van der Waals surface area contributed by atoms with Crippen molar-refractivity contribution in [2.75, 3.05) is 14.2 Å². The Bertz CT molecular complexity index is 1330. The van der Waals surface area contributed by atoms with Gasteiger partial charge in [0.2, 0.25) is 0 Å². The lowest BCUT2D eigenvalue weighted by Gasteiger charge is -2.12. The van der Waals surface area contributed by atoms with Crippen molar-refractivity contribution in [1.29, 1.82) is 0 Å². The summed E-state index contributed by atoms with van der Waals surface area (Å²) in [7, 11) is 3.07. The van der Waals surface area contributed by atoms with Crippen molar-refractivity contribution >= 4 is 16.9 Å². The van der Waals surface area contributed by atoms with E-state index in [0.717, 1.165) is 0 Å². The highest BCUT2D eigenvalue weighted by Gasteiger charge is 2.17. The quantitative estimate of drug-likeness (QED) is 0.270. The minimum Gasteiger partial charge on any atom is -0.493 e. The summed E-state index contributed by atoms with van der Waals surface area (Å²) in [5, 5.41) is 0.657. The molecule has 0 bridgehead atoms. The number of carbonyl (C=O) groups is 1. The average Bonchev–Trinajstić information content (AvgIpc) is 2.80. The van der Waals surface area contributed by atoms with E-state index in [9.17, 15) is 9.59 Å². The number of methoxy groups -OCH3 is 2. The van der Waals surface area contributed by atoms with Gasteiger partial charge in [-0.3, -0.25) is 4.98 Å². The molecule has 0 N–H and O–H groups in total. The summed E-state index contributed by atoms with van der Waals surface area (Å²) in [5.41, 5.74) is 2.03. The van der Waals surface area contributed by atoms with Crippen molar-refractivity contribution in [3.8, 4) is 28.4 Å². The topological polar surface area (TPSA) is 87.9 Å². The molecular formula is C24H19NO6. The number of nitrogens with zero attached hydrogens (tertiary/aromatic N) is 1. The van der Waals surface area contributed by atoms with Gasteiger partial charge >= 0.3 is 11.6 Å². The first kappa shape index (κ1) is 20.2. The van der Waals surface area contributed by atoms with Crippen LogP contribution in [0.3, 0.4) is 0 Å². The lowest BCUT2D eigenvalue weighted by Crippen LogP contribution is -2.09. The summed E-state index contributed by atoms with van der Waals surface area (Å²) < 4.78 is 21.6. The molecular weight excluding hydrogens is 398 g/mol. The van der Waals surface area contributed by atoms with Crippen LogP contribution in [0.15, 0.2) is 70.1 Å². The molecule has 0 saturated heterocycles. The Hall–Kier alpha value is -4.13.